The zero-order valence-electron chi connectivity index (χ0n) is 12.2. The van der Waals surface area contributed by atoms with Gasteiger partial charge in [0.15, 0.2) is 17.3 Å². The molecule has 3 rings (SSSR count). The van der Waals surface area contributed by atoms with Crippen LogP contribution in [0, 0.1) is 0 Å². The number of benzene rings is 1. The molecule has 1 aromatic heterocycles. The van der Waals surface area contributed by atoms with E-state index in [1.807, 2.05) is 18.2 Å². The molecular formula is C14H19N5O2. The fourth-order valence-corrected chi connectivity index (χ4v) is 2.15. The van der Waals surface area contributed by atoms with Crippen LogP contribution in [-0.2, 0) is 13.1 Å². The molecule has 1 heterocycles. The van der Waals surface area contributed by atoms with Gasteiger partial charge >= 0.3 is 0 Å². The standard InChI is InChI=1S/C14H19N5O2/c1-20-12-6-3-10(7-13(12)21-2)9-19-14(16-17-18-19)8-15-11-4-5-11/h3,6-7,11,15H,4-5,8-9H2,1-2H3. The number of ether oxygens (including phenoxy) is 2. The molecule has 0 saturated heterocycles. The third kappa shape index (κ3) is 3.30. The summed E-state index contributed by atoms with van der Waals surface area (Å²) >= 11 is 0. The Kier molecular flexibility index (Phi) is 4.01. The lowest BCUT2D eigenvalue weighted by Gasteiger charge is -2.10. The van der Waals surface area contributed by atoms with Gasteiger partial charge in [0.2, 0.25) is 0 Å². The fraction of sp³-hybridized carbons (Fsp3) is 0.500. The predicted molar refractivity (Wildman–Crippen MR) is 76.3 cm³/mol. The van der Waals surface area contributed by atoms with E-state index in [1.165, 1.54) is 12.8 Å². The summed E-state index contributed by atoms with van der Waals surface area (Å²) in [6.45, 7) is 1.31. The van der Waals surface area contributed by atoms with E-state index in [2.05, 4.69) is 20.8 Å². The molecule has 1 saturated carbocycles. The van der Waals surface area contributed by atoms with Gasteiger partial charge in [-0.05, 0) is 41.0 Å². The van der Waals surface area contributed by atoms with Gasteiger partial charge in [-0.15, -0.1) is 5.10 Å². The maximum atomic E-state index is 5.32. The Morgan fingerprint density at radius 2 is 2.05 bits per heavy atom. The molecule has 7 heteroatoms. The third-order valence-corrected chi connectivity index (χ3v) is 3.51. The molecule has 1 aliphatic carbocycles. The number of nitrogens with zero attached hydrogens (tertiary/aromatic N) is 4. The average molecular weight is 289 g/mol. The maximum Gasteiger partial charge on any atom is 0.165 e. The van der Waals surface area contributed by atoms with E-state index in [0.29, 0.717) is 30.6 Å². The number of hydrogen-bond donors (Lipinski definition) is 1. The normalized spacial score (nSPS) is 14.2. The van der Waals surface area contributed by atoms with Crippen molar-refractivity contribution in [2.24, 2.45) is 0 Å². The monoisotopic (exact) mass is 289 g/mol. The Morgan fingerprint density at radius 1 is 1.24 bits per heavy atom. The fourth-order valence-electron chi connectivity index (χ4n) is 2.15. The van der Waals surface area contributed by atoms with Crippen LogP contribution in [0.4, 0.5) is 0 Å². The molecule has 1 aromatic carbocycles. The third-order valence-electron chi connectivity index (χ3n) is 3.51. The Hall–Kier alpha value is -2.15. The minimum atomic E-state index is 0.606. The van der Waals surface area contributed by atoms with Crippen molar-refractivity contribution < 1.29 is 9.47 Å². The summed E-state index contributed by atoms with van der Waals surface area (Å²) in [4.78, 5) is 0. The van der Waals surface area contributed by atoms with Gasteiger partial charge in [-0.3, -0.25) is 0 Å². The van der Waals surface area contributed by atoms with E-state index in [9.17, 15) is 0 Å². The van der Waals surface area contributed by atoms with Gasteiger partial charge in [-0.1, -0.05) is 6.07 Å². The molecule has 1 aliphatic rings. The molecule has 0 radical (unpaired) electrons. The van der Waals surface area contributed by atoms with Crippen LogP contribution in [0.15, 0.2) is 18.2 Å². The topological polar surface area (TPSA) is 74.1 Å². The minimum absolute atomic E-state index is 0.606. The number of nitrogens with one attached hydrogen (secondary N) is 1. The van der Waals surface area contributed by atoms with Crippen molar-refractivity contribution in [2.45, 2.75) is 32.0 Å². The molecule has 2 aromatic rings. The lowest BCUT2D eigenvalue weighted by atomic mass is 10.2. The maximum absolute atomic E-state index is 5.32. The highest BCUT2D eigenvalue weighted by Gasteiger charge is 2.21. The minimum Gasteiger partial charge on any atom is -0.493 e. The molecule has 0 amide bonds. The van der Waals surface area contributed by atoms with Crippen LogP contribution in [0.5, 0.6) is 11.5 Å². The predicted octanol–water partition coefficient (Wildman–Crippen LogP) is 0.991. The number of aromatic nitrogens is 4. The van der Waals surface area contributed by atoms with Gasteiger partial charge in [0.1, 0.15) is 0 Å². The molecule has 7 nitrogen and oxygen atoms in total. The first-order valence-corrected chi connectivity index (χ1v) is 6.99. The Bertz CT molecular complexity index is 609. The van der Waals surface area contributed by atoms with E-state index < -0.39 is 0 Å². The molecule has 112 valence electrons. The van der Waals surface area contributed by atoms with Crippen molar-refractivity contribution in [1.29, 1.82) is 0 Å². The average Bonchev–Trinajstić information content (AvgIpc) is 3.25. The van der Waals surface area contributed by atoms with Gasteiger partial charge in [-0.25, -0.2) is 4.68 Å². The first-order valence-electron chi connectivity index (χ1n) is 6.99. The van der Waals surface area contributed by atoms with Crippen molar-refractivity contribution in [3.05, 3.63) is 29.6 Å². The second kappa shape index (κ2) is 6.09. The second-order valence-electron chi connectivity index (χ2n) is 5.10. The van der Waals surface area contributed by atoms with Gasteiger partial charge in [0, 0.05) is 6.04 Å². The first kappa shape index (κ1) is 13.8. The summed E-state index contributed by atoms with van der Waals surface area (Å²) in [6, 6.07) is 6.46. The number of methoxy groups -OCH3 is 2. The van der Waals surface area contributed by atoms with E-state index in [1.54, 1.807) is 18.9 Å². The van der Waals surface area contributed by atoms with Crippen molar-refractivity contribution in [2.75, 3.05) is 14.2 Å². The molecular weight excluding hydrogens is 270 g/mol. The smallest absolute Gasteiger partial charge is 0.165 e. The van der Waals surface area contributed by atoms with Crippen molar-refractivity contribution >= 4 is 0 Å². The van der Waals surface area contributed by atoms with Crippen molar-refractivity contribution in [3.63, 3.8) is 0 Å². The molecule has 0 aliphatic heterocycles. The van der Waals surface area contributed by atoms with E-state index >= 15 is 0 Å². The second-order valence-corrected chi connectivity index (χ2v) is 5.10. The quantitative estimate of drug-likeness (QED) is 0.819. The number of tetrazole rings is 1. The van der Waals surface area contributed by atoms with E-state index in [-0.39, 0.29) is 0 Å². The Labute approximate surface area is 123 Å². The summed E-state index contributed by atoms with van der Waals surface area (Å²) in [5.74, 6) is 2.27. The van der Waals surface area contributed by atoms with E-state index in [0.717, 1.165) is 11.4 Å². The highest BCUT2D eigenvalue weighted by Crippen LogP contribution is 2.27. The van der Waals surface area contributed by atoms with Gasteiger partial charge in [-0.2, -0.15) is 0 Å². The highest BCUT2D eigenvalue weighted by atomic mass is 16.5. The largest absolute Gasteiger partial charge is 0.493 e. The zero-order valence-corrected chi connectivity index (χ0v) is 12.2. The van der Waals surface area contributed by atoms with Gasteiger partial charge in [0.25, 0.3) is 0 Å². The molecule has 1 N–H and O–H groups in total. The molecule has 1 fully saturated rings. The lowest BCUT2D eigenvalue weighted by molar-refractivity contribution is 0.354. The van der Waals surface area contributed by atoms with Crippen LogP contribution in [0.1, 0.15) is 24.2 Å². The van der Waals surface area contributed by atoms with Crippen LogP contribution >= 0.6 is 0 Å². The van der Waals surface area contributed by atoms with Crippen LogP contribution in [0.2, 0.25) is 0 Å². The summed E-state index contributed by atoms with van der Waals surface area (Å²) < 4.78 is 12.4. The van der Waals surface area contributed by atoms with Crippen LogP contribution in [-0.4, -0.2) is 40.5 Å². The lowest BCUT2D eigenvalue weighted by Crippen LogP contribution is -2.19. The molecule has 21 heavy (non-hydrogen) atoms. The Morgan fingerprint density at radius 3 is 2.76 bits per heavy atom. The Balaban J connectivity index is 1.72. The molecule has 0 bridgehead atoms. The molecule has 0 spiro atoms. The van der Waals surface area contributed by atoms with Gasteiger partial charge in [0.05, 0.1) is 27.3 Å². The molecule has 0 atom stereocenters. The van der Waals surface area contributed by atoms with Crippen molar-refractivity contribution in [1.82, 2.24) is 25.5 Å². The SMILES string of the molecule is COc1ccc(Cn2nnnc2CNC2CC2)cc1OC. The van der Waals surface area contributed by atoms with Gasteiger partial charge < -0.3 is 14.8 Å². The summed E-state index contributed by atoms with van der Waals surface area (Å²) in [5, 5.41) is 15.3. The van der Waals surface area contributed by atoms with Crippen molar-refractivity contribution in [3.8, 4) is 11.5 Å². The van der Waals surface area contributed by atoms with E-state index in [4.69, 9.17) is 9.47 Å². The van der Waals surface area contributed by atoms with Crippen LogP contribution < -0.4 is 14.8 Å². The zero-order chi connectivity index (χ0) is 14.7. The summed E-state index contributed by atoms with van der Waals surface area (Å²) in [7, 11) is 3.25. The number of hydrogen-bond acceptors (Lipinski definition) is 6. The number of rotatable bonds is 7. The molecule has 0 unspecified atom stereocenters. The summed E-state index contributed by atoms with van der Waals surface area (Å²) in [5.41, 5.74) is 1.06. The first-order chi connectivity index (χ1) is 10.3. The van der Waals surface area contributed by atoms with Crippen LogP contribution in [0.3, 0.4) is 0 Å². The highest BCUT2D eigenvalue weighted by molar-refractivity contribution is 5.42. The van der Waals surface area contributed by atoms with Crippen LogP contribution in [0.25, 0.3) is 0 Å². The summed E-state index contributed by atoms with van der Waals surface area (Å²) in [6.07, 6.45) is 2.49.